The highest BCUT2D eigenvalue weighted by atomic mass is 32.2. The number of rotatable bonds is 6. The van der Waals surface area contributed by atoms with Crippen LogP contribution < -0.4 is 5.32 Å². The van der Waals surface area contributed by atoms with Gasteiger partial charge in [-0.1, -0.05) is 26.0 Å². The van der Waals surface area contributed by atoms with Crippen molar-refractivity contribution in [3.63, 3.8) is 0 Å². The van der Waals surface area contributed by atoms with Gasteiger partial charge in [-0.15, -0.1) is 0 Å². The lowest BCUT2D eigenvalue weighted by atomic mass is 10.1. The van der Waals surface area contributed by atoms with Crippen LogP contribution in [0.25, 0.3) is 11.0 Å². The maximum absolute atomic E-state index is 13.1. The van der Waals surface area contributed by atoms with E-state index in [1.807, 2.05) is 13.8 Å². The van der Waals surface area contributed by atoms with Crippen LogP contribution in [0.5, 0.6) is 0 Å². The summed E-state index contributed by atoms with van der Waals surface area (Å²) < 4.78 is 31.6. The highest BCUT2D eigenvalue weighted by molar-refractivity contribution is 7.92. The molecule has 9 heteroatoms. The molecule has 0 atom stereocenters. The Labute approximate surface area is 192 Å². The predicted octanol–water partition coefficient (Wildman–Crippen LogP) is 3.18. The lowest BCUT2D eigenvalue weighted by Gasteiger charge is -2.32. The van der Waals surface area contributed by atoms with E-state index in [1.165, 1.54) is 0 Å². The summed E-state index contributed by atoms with van der Waals surface area (Å²) in [6.45, 7) is 4.86. The molecular weight excluding hydrogens is 442 g/mol. The van der Waals surface area contributed by atoms with Crippen molar-refractivity contribution in [1.29, 1.82) is 0 Å². The molecule has 174 valence electrons. The van der Waals surface area contributed by atoms with E-state index in [0.29, 0.717) is 31.5 Å². The number of nitrogens with one attached hydrogen (secondary N) is 1. The van der Waals surface area contributed by atoms with E-state index < -0.39 is 15.1 Å². The number of carbonyl (C=O) groups is 2. The van der Waals surface area contributed by atoms with Gasteiger partial charge in [0.05, 0.1) is 16.3 Å². The van der Waals surface area contributed by atoms with Gasteiger partial charge in [-0.3, -0.25) is 14.6 Å². The summed E-state index contributed by atoms with van der Waals surface area (Å²) >= 11 is 0. The van der Waals surface area contributed by atoms with Gasteiger partial charge in [-0.2, -0.15) is 0 Å². The third-order valence-electron chi connectivity index (χ3n) is 5.94. The zero-order valence-corrected chi connectivity index (χ0v) is 19.5. The largest absolute Gasteiger partial charge is 0.449 e. The number of pyridine rings is 1. The van der Waals surface area contributed by atoms with Crippen molar-refractivity contribution in [2.24, 2.45) is 5.92 Å². The van der Waals surface area contributed by atoms with Gasteiger partial charge in [-0.05, 0) is 42.7 Å². The smallest absolute Gasteiger partial charge is 0.287 e. The van der Waals surface area contributed by atoms with Gasteiger partial charge < -0.3 is 14.6 Å². The molecule has 8 nitrogen and oxygen atoms in total. The third kappa shape index (κ3) is 4.93. The van der Waals surface area contributed by atoms with Crippen LogP contribution in [0.1, 0.15) is 42.8 Å². The van der Waals surface area contributed by atoms with Gasteiger partial charge in [0, 0.05) is 37.1 Å². The Morgan fingerprint density at radius 1 is 1.15 bits per heavy atom. The molecule has 0 saturated carbocycles. The second-order valence-corrected chi connectivity index (χ2v) is 10.8. The van der Waals surface area contributed by atoms with E-state index in [-0.39, 0.29) is 34.9 Å². The van der Waals surface area contributed by atoms with E-state index in [1.54, 1.807) is 53.7 Å². The Hall–Kier alpha value is -3.20. The molecule has 1 N–H and O–H groups in total. The number of carbonyl (C=O) groups excluding carboxylic acids is 2. The molecule has 33 heavy (non-hydrogen) atoms. The standard InChI is InChI=1S/C24H27N3O5S/c1-16(2)24(29)27-11-8-20(9-12-27)33(30,31)19-5-3-17(4-6-19)14-26-23(28)21-13-18-7-10-25-15-22(18)32-21/h3-7,10,13,15-16,20H,8-9,11-12,14H2,1-2H3,(H,26,28). The first-order chi connectivity index (χ1) is 15.8. The van der Waals surface area contributed by atoms with Crippen LogP contribution in [0.3, 0.4) is 0 Å². The average molecular weight is 470 g/mol. The molecule has 1 aliphatic rings. The van der Waals surface area contributed by atoms with Crippen molar-refractivity contribution in [3.05, 3.63) is 60.1 Å². The molecule has 1 aromatic carbocycles. The summed E-state index contributed by atoms with van der Waals surface area (Å²) in [5.41, 5.74) is 1.31. The van der Waals surface area contributed by atoms with Crippen LogP contribution >= 0.6 is 0 Å². The van der Waals surface area contributed by atoms with Crippen molar-refractivity contribution < 1.29 is 22.4 Å². The minimum atomic E-state index is -3.48. The van der Waals surface area contributed by atoms with Gasteiger partial charge >= 0.3 is 0 Å². The molecule has 3 heterocycles. The van der Waals surface area contributed by atoms with Crippen LogP contribution in [0, 0.1) is 5.92 Å². The lowest BCUT2D eigenvalue weighted by molar-refractivity contribution is -0.135. The normalized spacial score (nSPS) is 15.2. The first-order valence-electron chi connectivity index (χ1n) is 11.0. The lowest BCUT2D eigenvalue weighted by Crippen LogP contribution is -2.44. The molecule has 4 rings (SSSR count). The topological polar surface area (TPSA) is 110 Å². The first-order valence-corrected chi connectivity index (χ1v) is 12.5. The third-order valence-corrected chi connectivity index (χ3v) is 8.22. The van der Waals surface area contributed by atoms with Gasteiger partial charge in [-0.25, -0.2) is 8.42 Å². The molecule has 1 aliphatic heterocycles. The van der Waals surface area contributed by atoms with Gasteiger partial charge in [0.1, 0.15) is 0 Å². The molecule has 2 aromatic heterocycles. The van der Waals surface area contributed by atoms with Crippen LogP contribution in [0.4, 0.5) is 0 Å². The molecule has 1 saturated heterocycles. The molecule has 0 radical (unpaired) electrons. The Morgan fingerprint density at radius 2 is 1.85 bits per heavy atom. The number of nitrogens with zero attached hydrogens (tertiary/aromatic N) is 2. The number of piperidine rings is 1. The number of aromatic nitrogens is 1. The Morgan fingerprint density at radius 3 is 2.48 bits per heavy atom. The molecular formula is C24H27N3O5S. The van der Waals surface area contributed by atoms with Crippen molar-refractivity contribution >= 4 is 32.6 Å². The number of hydrogen-bond donors (Lipinski definition) is 1. The van der Waals surface area contributed by atoms with Crippen LogP contribution in [-0.4, -0.2) is 48.5 Å². The monoisotopic (exact) mass is 469 g/mol. The second-order valence-electron chi connectivity index (χ2n) is 8.58. The van der Waals surface area contributed by atoms with E-state index in [0.717, 1.165) is 10.9 Å². The highest BCUT2D eigenvalue weighted by Gasteiger charge is 2.33. The molecule has 0 aliphatic carbocycles. The summed E-state index contributed by atoms with van der Waals surface area (Å²) in [7, 11) is -3.48. The number of likely N-dealkylation sites (tertiary alicyclic amines) is 1. The molecule has 3 aromatic rings. The minimum Gasteiger partial charge on any atom is -0.449 e. The molecule has 2 amide bonds. The summed E-state index contributed by atoms with van der Waals surface area (Å²) in [5.74, 6) is -0.184. The van der Waals surface area contributed by atoms with E-state index in [2.05, 4.69) is 10.3 Å². The van der Waals surface area contributed by atoms with Crippen molar-refractivity contribution in [1.82, 2.24) is 15.2 Å². The summed E-state index contributed by atoms with van der Waals surface area (Å²) in [6, 6.07) is 9.98. The van der Waals surface area contributed by atoms with Crippen LogP contribution in [0.15, 0.2) is 58.1 Å². The molecule has 1 fully saturated rings. The number of hydrogen-bond acceptors (Lipinski definition) is 6. The summed E-state index contributed by atoms with van der Waals surface area (Å²) in [6.07, 6.45) is 4.05. The van der Waals surface area contributed by atoms with Gasteiger partial charge in [0.15, 0.2) is 21.2 Å². The Kier molecular flexibility index (Phi) is 6.51. The summed E-state index contributed by atoms with van der Waals surface area (Å²) in [5, 5.41) is 3.08. The number of benzene rings is 1. The first kappa shape index (κ1) is 23.0. The number of amides is 2. The van der Waals surface area contributed by atoms with Gasteiger partial charge in [0.2, 0.25) is 5.91 Å². The fourth-order valence-electron chi connectivity index (χ4n) is 4.01. The molecule has 0 spiro atoms. The predicted molar refractivity (Wildman–Crippen MR) is 123 cm³/mol. The second kappa shape index (κ2) is 9.35. The fourth-order valence-corrected chi connectivity index (χ4v) is 5.74. The van der Waals surface area contributed by atoms with E-state index in [9.17, 15) is 18.0 Å². The maximum Gasteiger partial charge on any atom is 0.287 e. The fraction of sp³-hybridized carbons (Fsp3) is 0.375. The SMILES string of the molecule is CC(C)C(=O)N1CCC(S(=O)(=O)c2ccc(CNC(=O)c3cc4ccncc4o3)cc2)CC1. The zero-order valence-electron chi connectivity index (χ0n) is 18.7. The molecule has 0 bridgehead atoms. The average Bonchev–Trinajstić information content (AvgIpc) is 3.27. The zero-order chi connectivity index (χ0) is 23.6. The van der Waals surface area contributed by atoms with Crippen molar-refractivity contribution in [3.8, 4) is 0 Å². The van der Waals surface area contributed by atoms with E-state index in [4.69, 9.17) is 4.42 Å². The van der Waals surface area contributed by atoms with Crippen molar-refractivity contribution in [2.45, 2.75) is 43.4 Å². The van der Waals surface area contributed by atoms with Gasteiger partial charge in [0.25, 0.3) is 5.91 Å². The summed E-state index contributed by atoms with van der Waals surface area (Å²) in [4.78, 5) is 30.5. The van der Waals surface area contributed by atoms with Crippen LogP contribution in [0.2, 0.25) is 0 Å². The Bertz CT molecular complexity index is 1220. The quantitative estimate of drug-likeness (QED) is 0.594. The number of furan rings is 1. The molecule has 0 unspecified atom stereocenters. The minimum absolute atomic E-state index is 0.0663. The maximum atomic E-state index is 13.1. The number of sulfone groups is 1. The number of fused-ring (bicyclic) bond motifs is 1. The highest BCUT2D eigenvalue weighted by Crippen LogP contribution is 2.26. The van der Waals surface area contributed by atoms with E-state index >= 15 is 0 Å². The Balaban J connectivity index is 1.35. The van der Waals surface area contributed by atoms with Crippen LogP contribution in [-0.2, 0) is 21.2 Å². The van der Waals surface area contributed by atoms with Crippen molar-refractivity contribution in [2.75, 3.05) is 13.1 Å².